The normalized spacial score (nSPS) is 23.7. The zero-order valence-electron chi connectivity index (χ0n) is 15.2. The second-order valence-electron chi connectivity index (χ2n) is 7.14. The third-order valence-electron chi connectivity index (χ3n) is 5.39. The van der Waals surface area contributed by atoms with E-state index in [0.29, 0.717) is 48.0 Å². The molecule has 0 unspecified atom stereocenters. The molecule has 2 saturated heterocycles. The zero-order valence-corrected chi connectivity index (χ0v) is 16.0. The van der Waals surface area contributed by atoms with Crippen molar-refractivity contribution in [1.29, 1.82) is 0 Å². The van der Waals surface area contributed by atoms with Crippen molar-refractivity contribution in [3.8, 4) is 5.75 Å². The first kappa shape index (κ1) is 18.6. The Hall–Kier alpha value is -1.80. The molecule has 0 atom stereocenters. The maximum absolute atomic E-state index is 13.3. The van der Waals surface area contributed by atoms with Crippen molar-refractivity contribution in [3.05, 3.63) is 34.0 Å². The van der Waals surface area contributed by atoms with E-state index in [9.17, 15) is 9.90 Å². The van der Waals surface area contributed by atoms with Crippen LogP contribution in [0, 0.1) is 6.92 Å². The Kier molecular flexibility index (Phi) is 4.58. The molecule has 0 radical (unpaired) electrons. The van der Waals surface area contributed by atoms with Gasteiger partial charge in [0.1, 0.15) is 5.75 Å². The van der Waals surface area contributed by atoms with E-state index in [-0.39, 0.29) is 24.5 Å². The Morgan fingerprint density at radius 2 is 1.89 bits per heavy atom. The average molecular weight is 395 g/mol. The quantitative estimate of drug-likeness (QED) is 0.809. The van der Waals surface area contributed by atoms with Gasteiger partial charge in [-0.1, -0.05) is 17.4 Å². The highest BCUT2D eigenvalue weighted by Crippen LogP contribution is 2.42. The molecule has 1 amide bonds. The maximum atomic E-state index is 13.3. The first-order chi connectivity index (χ1) is 12.9. The number of halogens is 1. The third kappa shape index (κ3) is 2.99. The highest BCUT2D eigenvalue weighted by atomic mass is 35.5. The molecule has 0 saturated carbocycles. The zero-order chi connectivity index (χ0) is 19.2. The molecular weight excluding hydrogens is 374 g/mol. The molecule has 4 rings (SSSR count). The largest absolute Gasteiger partial charge is 0.873 e. The first-order valence-electron chi connectivity index (χ1n) is 8.84. The second kappa shape index (κ2) is 6.67. The minimum absolute atomic E-state index is 0.0520. The molecule has 146 valence electrons. The number of hydrogen-bond acceptors (Lipinski definition) is 6. The molecule has 27 heavy (non-hydrogen) atoms. The third-order valence-corrected chi connectivity index (χ3v) is 5.61. The molecule has 7 nitrogen and oxygen atoms in total. The first-order valence-corrected chi connectivity index (χ1v) is 9.22. The van der Waals surface area contributed by atoms with Gasteiger partial charge in [-0.25, -0.2) is 0 Å². The van der Waals surface area contributed by atoms with Crippen LogP contribution in [0.1, 0.15) is 24.0 Å². The summed E-state index contributed by atoms with van der Waals surface area (Å²) in [5.74, 6) is -1.16. The van der Waals surface area contributed by atoms with Crippen LogP contribution in [0.3, 0.4) is 0 Å². The maximum Gasteiger partial charge on any atom is 0.252 e. The monoisotopic (exact) mass is 394 g/mol. The molecule has 3 heterocycles. The molecule has 0 aliphatic carbocycles. The van der Waals surface area contributed by atoms with Crippen LogP contribution in [-0.2, 0) is 19.0 Å². The summed E-state index contributed by atoms with van der Waals surface area (Å²) in [7, 11) is 1.48. The van der Waals surface area contributed by atoms with Gasteiger partial charge in [-0.3, -0.25) is 4.79 Å². The van der Waals surface area contributed by atoms with Crippen molar-refractivity contribution in [3.63, 3.8) is 0 Å². The van der Waals surface area contributed by atoms with Crippen LogP contribution in [0.2, 0.25) is 5.02 Å². The topological polar surface area (TPSA) is 89.1 Å². The van der Waals surface area contributed by atoms with Crippen molar-refractivity contribution in [2.75, 3.05) is 33.5 Å². The van der Waals surface area contributed by atoms with Gasteiger partial charge >= 0.3 is 0 Å². The molecule has 0 bridgehead atoms. The van der Waals surface area contributed by atoms with Crippen LogP contribution in [-0.4, -0.2) is 50.8 Å². The fourth-order valence-electron chi connectivity index (χ4n) is 3.87. The van der Waals surface area contributed by atoms with Gasteiger partial charge < -0.3 is 29.4 Å². The number of nitrogens with one attached hydrogen (secondary N) is 1. The molecule has 1 aromatic rings. The van der Waals surface area contributed by atoms with Crippen LogP contribution in [0.4, 0.5) is 0 Å². The Balaban J connectivity index is 1.70. The lowest BCUT2D eigenvalue weighted by atomic mass is 9.93. The van der Waals surface area contributed by atoms with Crippen LogP contribution in [0.15, 0.2) is 17.9 Å². The van der Waals surface area contributed by atoms with E-state index in [0.717, 1.165) is 0 Å². The fourth-order valence-corrected chi connectivity index (χ4v) is 4.13. The van der Waals surface area contributed by atoms with Gasteiger partial charge in [-0.2, -0.15) is 0 Å². The summed E-state index contributed by atoms with van der Waals surface area (Å²) in [6.07, 6.45) is 1.21. The van der Waals surface area contributed by atoms with Crippen molar-refractivity contribution in [1.82, 2.24) is 5.32 Å². The predicted octanol–water partition coefficient (Wildman–Crippen LogP) is 1.15. The lowest BCUT2D eigenvalue weighted by Crippen LogP contribution is -2.62. The summed E-state index contributed by atoms with van der Waals surface area (Å²) in [6.45, 7) is 3.01. The number of rotatable bonds is 2. The summed E-state index contributed by atoms with van der Waals surface area (Å²) >= 11 is 6.08. The summed E-state index contributed by atoms with van der Waals surface area (Å²) < 4.78 is 22.6. The summed E-state index contributed by atoms with van der Waals surface area (Å²) in [5, 5.41) is 16.5. The second-order valence-corrected chi connectivity index (χ2v) is 7.58. The van der Waals surface area contributed by atoms with Crippen molar-refractivity contribution in [2.24, 2.45) is 0 Å². The fraction of sp³-hybridized carbons (Fsp3) is 0.526. The van der Waals surface area contributed by atoms with Crippen LogP contribution in [0.25, 0.3) is 5.57 Å². The van der Waals surface area contributed by atoms with Gasteiger partial charge in [0.2, 0.25) is 0 Å². The number of methoxy groups -OCH3 is 1. The number of amides is 1. The molecule has 2 fully saturated rings. The molecule has 0 aromatic heterocycles. The highest BCUT2D eigenvalue weighted by molar-refractivity contribution is 6.31. The van der Waals surface area contributed by atoms with Gasteiger partial charge in [0, 0.05) is 29.0 Å². The summed E-state index contributed by atoms with van der Waals surface area (Å²) in [6, 6.07) is 3.29. The lowest BCUT2D eigenvalue weighted by Gasteiger charge is -2.48. The standard InChI is InChI=1S/C19H22ClNO6/c1-11-7-12(20)8-13(24-2)14(11)15-16(22)18(21-17(15)23)9-26-19(27-10-18)3-5-25-6-4-19/h7-8,22H,3-6,9-10H2,1-2H3,(H,21,23)/p-1. The molecule has 3 aliphatic heterocycles. The SMILES string of the molecule is COc1cc(Cl)cc(C)c1C1=C([O-])C2(COC3(CCOCC3)OC2)NC1=O. The van der Waals surface area contributed by atoms with E-state index in [1.54, 1.807) is 19.1 Å². The molecule has 1 N–H and O–H groups in total. The Labute approximate surface area is 162 Å². The number of ether oxygens (including phenoxy) is 4. The van der Waals surface area contributed by atoms with Gasteiger partial charge in [-0.05, 0) is 24.6 Å². The van der Waals surface area contributed by atoms with E-state index < -0.39 is 17.2 Å². The molecule has 8 heteroatoms. The minimum Gasteiger partial charge on any atom is -0.873 e. The van der Waals surface area contributed by atoms with Crippen LogP contribution >= 0.6 is 11.6 Å². The number of benzene rings is 1. The average Bonchev–Trinajstić information content (AvgIpc) is 2.89. The molecular formula is C19H21ClNO6-. The van der Waals surface area contributed by atoms with Gasteiger partial charge in [0.05, 0.1) is 39.1 Å². The number of carbonyl (C=O) groups is 1. The van der Waals surface area contributed by atoms with Gasteiger partial charge in [0.25, 0.3) is 5.91 Å². The molecule has 1 aromatic carbocycles. The van der Waals surface area contributed by atoms with E-state index >= 15 is 0 Å². The number of aryl methyl sites for hydroxylation is 1. The van der Waals surface area contributed by atoms with E-state index in [1.807, 2.05) is 0 Å². The van der Waals surface area contributed by atoms with E-state index in [4.69, 9.17) is 30.5 Å². The van der Waals surface area contributed by atoms with Crippen LogP contribution in [0.5, 0.6) is 5.75 Å². The lowest BCUT2D eigenvalue weighted by molar-refractivity contribution is -0.354. The smallest absolute Gasteiger partial charge is 0.252 e. The molecule has 2 spiro atoms. The number of hydrogen-bond donors (Lipinski definition) is 1. The van der Waals surface area contributed by atoms with Crippen molar-refractivity contribution >= 4 is 23.1 Å². The Morgan fingerprint density at radius 1 is 1.22 bits per heavy atom. The van der Waals surface area contributed by atoms with Crippen molar-refractivity contribution in [2.45, 2.75) is 31.1 Å². The Morgan fingerprint density at radius 3 is 2.52 bits per heavy atom. The molecule has 3 aliphatic rings. The number of carbonyl (C=O) groups excluding carboxylic acids is 1. The van der Waals surface area contributed by atoms with Gasteiger partial charge in [0.15, 0.2) is 5.79 Å². The summed E-state index contributed by atoms with van der Waals surface area (Å²) in [5.41, 5.74) is -0.0234. The highest BCUT2D eigenvalue weighted by Gasteiger charge is 2.50. The summed E-state index contributed by atoms with van der Waals surface area (Å²) in [4.78, 5) is 12.7. The Bertz CT molecular complexity index is 805. The van der Waals surface area contributed by atoms with E-state index in [2.05, 4.69) is 5.32 Å². The van der Waals surface area contributed by atoms with E-state index in [1.165, 1.54) is 7.11 Å². The van der Waals surface area contributed by atoms with Crippen LogP contribution < -0.4 is 15.2 Å². The van der Waals surface area contributed by atoms with Gasteiger partial charge in [-0.15, -0.1) is 0 Å². The predicted molar refractivity (Wildman–Crippen MR) is 95.2 cm³/mol. The minimum atomic E-state index is -1.22. The van der Waals surface area contributed by atoms with Crippen molar-refractivity contribution < 1.29 is 28.8 Å².